The Balaban J connectivity index is 1.71. The van der Waals surface area contributed by atoms with E-state index in [2.05, 4.69) is 36.5 Å². The first kappa shape index (κ1) is 14.5. The van der Waals surface area contributed by atoms with Gasteiger partial charge in [-0.15, -0.1) is 0 Å². The normalized spacial score (nSPS) is 16.5. The van der Waals surface area contributed by atoms with Crippen LogP contribution in [0, 0.1) is 5.92 Å². The molecule has 1 atom stereocenters. The van der Waals surface area contributed by atoms with Gasteiger partial charge in [0.2, 0.25) is 0 Å². The van der Waals surface area contributed by atoms with Gasteiger partial charge >= 0.3 is 0 Å². The van der Waals surface area contributed by atoms with E-state index >= 15 is 0 Å². The van der Waals surface area contributed by atoms with Crippen LogP contribution in [-0.2, 0) is 6.54 Å². The topological polar surface area (TPSA) is 32.3 Å². The monoisotopic (exact) mass is 261 g/mol. The number of nitrogens with one attached hydrogen (secondary N) is 1. The van der Waals surface area contributed by atoms with Crippen LogP contribution in [0.4, 0.5) is 0 Å². The molecule has 1 aliphatic carbocycles. The Hall–Kier alpha value is -0.860. The fourth-order valence-corrected chi connectivity index (χ4v) is 2.68. The molecule has 2 nitrogen and oxygen atoms in total. The van der Waals surface area contributed by atoms with Gasteiger partial charge in [0, 0.05) is 13.2 Å². The molecule has 19 heavy (non-hydrogen) atoms. The van der Waals surface area contributed by atoms with Crippen molar-refractivity contribution in [2.75, 3.05) is 13.2 Å². The first-order valence-electron chi connectivity index (χ1n) is 7.74. The van der Waals surface area contributed by atoms with Crippen molar-refractivity contribution in [1.29, 1.82) is 0 Å². The molecule has 106 valence electrons. The molecule has 2 N–H and O–H groups in total. The summed E-state index contributed by atoms with van der Waals surface area (Å²) in [6, 6.07) is 9.07. The molecule has 1 unspecified atom stereocenters. The van der Waals surface area contributed by atoms with Crippen LogP contribution in [0.2, 0.25) is 0 Å². The maximum Gasteiger partial charge on any atom is 0.0434 e. The van der Waals surface area contributed by atoms with Crippen molar-refractivity contribution in [1.82, 2.24) is 5.32 Å². The third kappa shape index (κ3) is 4.96. The summed E-state index contributed by atoms with van der Waals surface area (Å²) in [4.78, 5) is 0. The SMILES string of the molecule is CCCC(CCO)CNCc1ccc(C2CC2)cc1. The zero-order valence-electron chi connectivity index (χ0n) is 12.1. The number of benzene rings is 1. The van der Waals surface area contributed by atoms with Crippen LogP contribution < -0.4 is 5.32 Å². The van der Waals surface area contributed by atoms with E-state index < -0.39 is 0 Å². The average Bonchev–Trinajstić information content (AvgIpc) is 3.24. The lowest BCUT2D eigenvalue weighted by molar-refractivity contribution is 0.248. The molecule has 0 bridgehead atoms. The van der Waals surface area contributed by atoms with Crippen molar-refractivity contribution in [3.8, 4) is 0 Å². The quantitative estimate of drug-likeness (QED) is 0.713. The van der Waals surface area contributed by atoms with Gasteiger partial charge in [0.25, 0.3) is 0 Å². The standard InChI is InChI=1S/C17H27NO/c1-2-3-14(10-11-19)12-18-13-15-4-6-16(7-5-15)17-8-9-17/h4-7,14,17-19H,2-3,8-13H2,1H3. The van der Waals surface area contributed by atoms with Gasteiger partial charge in [0.05, 0.1) is 0 Å². The van der Waals surface area contributed by atoms with Gasteiger partial charge in [-0.3, -0.25) is 0 Å². The second-order valence-electron chi connectivity index (χ2n) is 5.81. The summed E-state index contributed by atoms with van der Waals surface area (Å²) in [5, 5.41) is 12.6. The summed E-state index contributed by atoms with van der Waals surface area (Å²) in [6.45, 7) is 4.47. The van der Waals surface area contributed by atoms with Crippen molar-refractivity contribution in [2.45, 2.75) is 51.5 Å². The minimum atomic E-state index is 0.308. The van der Waals surface area contributed by atoms with Crippen LogP contribution in [0.15, 0.2) is 24.3 Å². The Morgan fingerprint density at radius 1 is 1.21 bits per heavy atom. The molecule has 0 radical (unpaired) electrons. The molecule has 1 fully saturated rings. The second-order valence-corrected chi connectivity index (χ2v) is 5.81. The van der Waals surface area contributed by atoms with Crippen LogP contribution in [0.5, 0.6) is 0 Å². The number of hydrogen-bond donors (Lipinski definition) is 2. The number of rotatable bonds is 9. The van der Waals surface area contributed by atoms with Gasteiger partial charge in [-0.1, -0.05) is 37.6 Å². The summed E-state index contributed by atoms with van der Waals surface area (Å²) in [5.41, 5.74) is 2.87. The Morgan fingerprint density at radius 3 is 2.53 bits per heavy atom. The van der Waals surface area contributed by atoms with E-state index in [0.29, 0.717) is 12.5 Å². The minimum Gasteiger partial charge on any atom is -0.396 e. The maximum atomic E-state index is 9.04. The zero-order chi connectivity index (χ0) is 13.5. The van der Waals surface area contributed by atoms with E-state index in [-0.39, 0.29) is 0 Å². The summed E-state index contributed by atoms with van der Waals surface area (Å²) in [7, 11) is 0. The van der Waals surface area contributed by atoms with E-state index in [1.165, 1.54) is 36.8 Å². The average molecular weight is 261 g/mol. The van der Waals surface area contributed by atoms with Gasteiger partial charge in [-0.25, -0.2) is 0 Å². The van der Waals surface area contributed by atoms with E-state index in [0.717, 1.165) is 25.4 Å². The molecule has 1 aliphatic rings. The third-order valence-electron chi connectivity index (χ3n) is 4.02. The molecule has 0 aromatic heterocycles. The summed E-state index contributed by atoms with van der Waals surface area (Å²) in [6.07, 6.45) is 6.06. The fraction of sp³-hybridized carbons (Fsp3) is 0.647. The summed E-state index contributed by atoms with van der Waals surface area (Å²) < 4.78 is 0. The predicted molar refractivity (Wildman–Crippen MR) is 80.2 cm³/mol. The lowest BCUT2D eigenvalue weighted by atomic mass is 10.00. The van der Waals surface area contributed by atoms with E-state index in [9.17, 15) is 0 Å². The van der Waals surface area contributed by atoms with Crippen molar-refractivity contribution >= 4 is 0 Å². The van der Waals surface area contributed by atoms with Gasteiger partial charge in [0.15, 0.2) is 0 Å². The molecule has 0 saturated heterocycles. The molecule has 0 aliphatic heterocycles. The smallest absolute Gasteiger partial charge is 0.0434 e. The van der Waals surface area contributed by atoms with Gasteiger partial charge in [-0.05, 0) is 55.2 Å². The van der Waals surface area contributed by atoms with E-state index in [4.69, 9.17) is 5.11 Å². The van der Waals surface area contributed by atoms with Gasteiger partial charge in [-0.2, -0.15) is 0 Å². The molecular formula is C17H27NO. The second kappa shape index (κ2) is 7.66. The number of hydrogen-bond acceptors (Lipinski definition) is 2. The molecular weight excluding hydrogens is 234 g/mol. The van der Waals surface area contributed by atoms with Crippen LogP contribution in [-0.4, -0.2) is 18.3 Å². The molecule has 0 amide bonds. The Labute approximate surface area is 117 Å². The number of aliphatic hydroxyl groups excluding tert-OH is 1. The summed E-state index contributed by atoms with van der Waals surface area (Å²) in [5.74, 6) is 1.46. The molecule has 2 rings (SSSR count). The Morgan fingerprint density at radius 2 is 1.95 bits per heavy atom. The fourth-order valence-electron chi connectivity index (χ4n) is 2.68. The molecule has 0 spiro atoms. The van der Waals surface area contributed by atoms with Crippen LogP contribution in [0.25, 0.3) is 0 Å². The van der Waals surface area contributed by atoms with Gasteiger partial charge < -0.3 is 10.4 Å². The highest BCUT2D eigenvalue weighted by Crippen LogP contribution is 2.39. The Bertz CT molecular complexity index is 350. The maximum absolute atomic E-state index is 9.04. The van der Waals surface area contributed by atoms with Crippen LogP contribution in [0.3, 0.4) is 0 Å². The molecule has 2 heteroatoms. The van der Waals surface area contributed by atoms with Crippen LogP contribution >= 0.6 is 0 Å². The largest absolute Gasteiger partial charge is 0.396 e. The van der Waals surface area contributed by atoms with Crippen molar-refractivity contribution in [2.24, 2.45) is 5.92 Å². The molecule has 0 heterocycles. The van der Waals surface area contributed by atoms with Crippen molar-refractivity contribution in [3.63, 3.8) is 0 Å². The lowest BCUT2D eigenvalue weighted by Gasteiger charge is -2.15. The Kier molecular flexibility index (Phi) is 5.87. The number of aliphatic hydroxyl groups is 1. The highest BCUT2D eigenvalue weighted by molar-refractivity contribution is 5.27. The van der Waals surface area contributed by atoms with Gasteiger partial charge in [0.1, 0.15) is 0 Å². The van der Waals surface area contributed by atoms with Crippen LogP contribution in [0.1, 0.15) is 56.1 Å². The molecule has 1 saturated carbocycles. The van der Waals surface area contributed by atoms with E-state index in [1.807, 2.05) is 0 Å². The highest BCUT2D eigenvalue weighted by atomic mass is 16.3. The first-order chi connectivity index (χ1) is 9.33. The minimum absolute atomic E-state index is 0.308. The molecule has 1 aromatic rings. The predicted octanol–water partition coefficient (Wildman–Crippen LogP) is 3.45. The zero-order valence-corrected chi connectivity index (χ0v) is 12.1. The van der Waals surface area contributed by atoms with E-state index in [1.54, 1.807) is 0 Å². The first-order valence-corrected chi connectivity index (χ1v) is 7.74. The third-order valence-corrected chi connectivity index (χ3v) is 4.02. The molecule has 1 aromatic carbocycles. The lowest BCUT2D eigenvalue weighted by Crippen LogP contribution is -2.23. The summed E-state index contributed by atoms with van der Waals surface area (Å²) >= 11 is 0. The highest BCUT2D eigenvalue weighted by Gasteiger charge is 2.22. The van der Waals surface area contributed by atoms with Crippen molar-refractivity contribution in [3.05, 3.63) is 35.4 Å². The van der Waals surface area contributed by atoms with Crippen molar-refractivity contribution < 1.29 is 5.11 Å².